The van der Waals surface area contributed by atoms with Gasteiger partial charge in [-0.2, -0.15) is 0 Å². The second-order valence-electron chi connectivity index (χ2n) is 8.20. The number of hydrogen-bond acceptors (Lipinski definition) is 2. The molecular formula is C24H30BrIN2O2. The molecule has 0 atom stereocenters. The SMILES string of the molecule is C[N+](C)(Cc1ccc(CNC(=O)C=Cc2cccc(Br)c2)cc1)C1CCOCC1.[I-]. The van der Waals surface area contributed by atoms with Crippen molar-refractivity contribution >= 4 is 27.9 Å². The molecular weight excluding hydrogens is 555 g/mol. The van der Waals surface area contributed by atoms with E-state index in [1.807, 2.05) is 30.3 Å². The van der Waals surface area contributed by atoms with E-state index in [1.165, 1.54) is 5.56 Å². The summed E-state index contributed by atoms with van der Waals surface area (Å²) in [6.07, 6.45) is 5.65. The van der Waals surface area contributed by atoms with Gasteiger partial charge in [-0.1, -0.05) is 52.3 Å². The molecule has 1 aliphatic rings. The van der Waals surface area contributed by atoms with E-state index in [0.717, 1.165) is 52.7 Å². The van der Waals surface area contributed by atoms with Crippen LogP contribution in [0.3, 0.4) is 0 Å². The Kier molecular flexibility index (Phi) is 10.0. The summed E-state index contributed by atoms with van der Waals surface area (Å²) >= 11 is 3.44. The standard InChI is InChI=1S/C24H29BrN2O2.HI/c1-27(2,23-12-14-29-15-13-23)18-21-8-6-20(7-9-21)17-26-24(28)11-10-19-4-3-5-22(25)16-19;/h3-11,16,23H,12-15,17-18H2,1-2H3;1H. The van der Waals surface area contributed by atoms with Crippen molar-refractivity contribution in [2.45, 2.75) is 32.0 Å². The predicted octanol–water partition coefficient (Wildman–Crippen LogP) is 1.54. The predicted molar refractivity (Wildman–Crippen MR) is 121 cm³/mol. The number of halogens is 2. The molecule has 1 fully saturated rings. The zero-order valence-electron chi connectivity index (χ0n) is 17.6. The van der Waals surface area contributed by atoms with Crippen LogP contribution in [-0.2, 0) is 22.6 Å². The fraction of sp³-hybridized carbons (Fsp3) is 0.375. The lowest BCUT2D eigenvalue weighted by Gasteiger charge is -2.40. The number of ether oxygens (including phenoxy) is 1. The minimum absolute atomic E-state index is 0. The first-order valence-electron chi connectivity index (χ1n) is 10.1. The second kappa shape index (κ2) is 12.0. The van der Waals surface area contributed by atoms with Gasteiger partial charge in [-0.05, 0) is 29.3 Å². The minimum Gasteiger partial charge on any atom is -1.00 e. The van der Waals surface area contributed by atoms with Gasteiger partial charge in [0, 0.05) is 35.5 Å². The summed E-state index contributed by atoms with van der Waals surface area (Å²) in [5, 5.41) is 2.95. The molecule has 162 valence electrons. The third-order valence-electron chi connectivity index (χ3n) is 5.53. The molecule has 0 aliphatic carbocycles. The molecule has 1 aliphatic heterocycles. The van der Waals surface area contributed by atoms with Crippen molar-refractivity contribution in [1.82, 2.24) is 5.32 Å². The maximum Gasteiger partial charge on any atom is 0.244 e. The third kappa shape index (κ3) is 7.80. The quantitative estimate of drug-likeness (QED) is 0.305. The number of carbonyl (C=O) groups excluding carboxylic acids is 1. The fourth-order valence-corrected chi connectivity index (χ4v) is 4.19. The van der Waals surface area contributed by atoms with E-state index in [-0.39, 0.29) is 29.9 Å². The van der Waals surface area contributed by atoms with Crippen molar-refractivity contribution in [3.05, 3.63) is 75.8 Å². The van der Waals surface area contributed by atoms with E-state index in [4.69, 9.17) is 4.74 Å². The molecule has 1 saturated heterocycles. The normalized spacial score (nSPS) is 15.0. The van der Waals surface area contributed by atoms with Crippen molar-refractivity contribution in [2.75, 3.05) is 27.3 Å². The van der Waals surface area contributed by atoms with Gasteiger partial charge < -0.3 is 38.5 Å². The van der Waals surface area contributed by atoms with E-state index in [0.29, 0.717) is 12.6 Å². The molecule has 4 nitrogen and oxygen atoms in total. The van der Waals surface area contributed by atoms with Crippen molar-refractivity contribution in [2.24, 2.45) is 0 Å². The molecule has 0 unspecified atom stereocenters. The average Bonchev–Trinajstić information content (AvgIpc) is 2.72. The van der Waals surface area contributed by atoms with Gasteiger partial charge in [-0.25, -0.2) is 0 Å². The molecule has 1 heterocycles. The summed E-state index contributed by atoms with van der Waals surface area (Å²) in [6.45, 7) is 3.29. The Bertz CT molecular complexity index is 847. The smallest absolute Gasteiger partial charge is 0.244 e. The number of nitrogens with one attached hydrogen (secondary N) is 1. The van der Waals surface area contributed by atoms with E-state index in [2.05, 4.69) is 59.6 Å². The zero-order chi connectivity index (χ0) is 20.7. The van der Waals surface area contributed by atoms with Crippen LogP contribution >= 0.6 is 15.9 Å². The Labute approximate surface area is 205 Å². The van der Waals surface area contributed by atoms with Crippen LogP contribution in [0.15, 0.2) is 59.1 Å². The van der Waals surface area contributed by atoms with Crippen molar-refractivity contribution in [3.63, 3.8) is 0 Å². The highest BCUT2D eigenvalue weighted by atomic mass is 127. The molecule has 0 aromatic heterocycles. The number of amides is 1. The lowest BCUT2D eigenvalue weighted by molar-refractivity contribution is -0.929. The molecule has 30 heavy (non-hydrogen) atoms. The first kappa shape index (κ1) is 25.0. The van der Waals surface area contributed by atoms with Crippen LogP contribution in [-0.4, -0.2) is 43.7 Å². The molecule has 6 heteroatoms. The lowest BCUT2D eigenvalue weighted by atomic mass is 10.0. The van der Waals surface area contributed by atoms with Crippen molar-refractivity contribution in [3.8, 4) is 0 Å². The number of rotatable bonds is 7. The van der Waals surface area contributed by atoms with Gasteiger partial charge in [0.05, 0.1) is 33.4 Å². The Morgan fingerprint density at radius 2 is 1.80 bits per heavy atom. The van der Waals surface area contributed by atoms with E-state index < -0.39 is 0 Å². The maximum atomic E-state index is 12.1. The summed E-state index contributed by atoms with van der Waals surface area (Å²) in [5.74, 6) is -0.0913. The number of nitrogens with zero attached hydrogens (tertiary/aromatic N) is 1. The molecule has 3 rings (SSSR count). The Morgan fingerprint density at radius 1 is 1.13 bits per heavy atom. The van der Waals surface area contributed by atoms with Crippen LogP contribution in [0.25, 0.3) is 6.08 Å². The van der Waals surface area contributed by atoms with Crippen LogP contribution in [0, 0.1) is 0 Å². The van der Waals surface area contributed by atoms with Gasteiger partial charge in [0.2, 0.25) is 5.91 Å². The first-order chi connectivity index (χ1) is 13.9. The first-order valence-corrected chi connectivity index (χ1v) is 10.9. The Hall–Kier alpha value is -1.22. The summed E-state index contributed by atoms with van der Waals surface area (Å²) < 4.78 is 7.49. The Morgan fingerprint density at radius 3 is 2.47 bits per heavy atom. The van der Waals surface area contributed by atoms with Crippen LogP contribution in [0.4, 0.5) is 0 Å². The number of hydrogen-bond donors (Lipinski definition) is 1. The highest BCUT2D eigenvalue weighted by molar-refractivity contribution is 9.10. The van der Waals surface area contributed by atoms with Crippen molar-refractivity contribution < 1.29 is 38.0 Å². The second-order valence-corrected chi connectivity index (χ2v) is 9.12. The molecule has 1 amide bonds. The van der Waals surface area contributed by atoms with Crippen LogP contribution < -0.4 is 29.3 Å². The summed E-state index contributed by atoms with van der Waals surface area (Å²) in [7, 11) is 4.61. The summed E-state index contributed by atoms with van der Waals surface area (Å²) in [4.78, 5) is 12.1. The van der Waals surface area contributed by atoms with Crippen LogP contribution in [0.2, 0.25) is 0 Å². The summed E-state index contributed by atoms with van der Waals surface area (Å²) in [6, 6.07) is 17.1. The largest absolute Gasteiger partial charge is 1.00 e. The highest BCUT2D eigenvalue weighted by Gasteiger charge is 2.30. The van der Waals surface area contributed by atoms with Gasteiger partial charge >= 0.3 is 0 Å². The van der Waals surface area contributed by atoms with Gasteiger partial charge in [0.25, 0.3) is 0 Å². The fourth-order valence-electron chi connectivity index (χ4n) is 3.78. The van der Waals surface area contributed by atoms with Gasteiger partial charge in [0.1, 0.15) is 6.54 Å². The van der Waals surface area contributed by atoms with E-state index in [9.17, 15) is 4.79 Å². The molecule has 0 spiro atoms. The van der Waals surface area contributed by atoms with Crippen LogP contribution in [0.5, 0.6) is 0 Å². The van der Waals surface area contributed by atoms with Crippen molar-refractivity contribution in [1.29, 1.82) is 0 Å². The van der Waals surface area contributed by atoms with Gasteiger partial charge in [-0.15, -0.1) is 0 Å². The zero-order valence-corrected chi connectivity index (χ0v) is 21.4. The number of carbonyl (C=O) groups is 1. The molecule has 0 saturated carbocycles. The monoisotopic (exact) mass is 584 g/mol. The number of benzene rings is 2. The topological polar surface area (TPSA) is 38.3 Å². The van der Waals surface area contributed by atoms with E-state index in [1.54, 1.807) is 6.08 Å². The Balaban J connectivity index is 0.00000320. The lowest BCUT2D eigenvalue weighted by Crippen LogP contribution is -3.00. The minimum atomic E-state index is -0.0913. The summed E-state index contributed by atoms with van der Waals surface area (Å²) in [5.41, 5.74) is 3.42. The maximum absolute atomic E-state index is 12.1. The molecule has 0 radical (unpaired) electrons. The average molecular weight is 585 g/mol. The van der Waals surface area contributed by atoms with Crippen LogP contribution in [0.1, 0.15) is 29.5 Å². The molecule has 2 aromatic rings. The molecule has 2 aromatic carbocycles. The van der Waals surface area contributed by atoms with Gasteiger partial charge in [0.15, 0.2) is 0 Å². The highest BCUT2D eigenvalue weighted by Crippen LogP contribution is 2.22. The van der Waals surface area contributed by atoms with Gasteiger partial charge in [-0.3, -0.25) is 4.79 Å². The number of quaternary nitrogens is 1. The molecule has 0 bridgehead atoms. The van der Waals surface area contributed by atoms with E-state index >= 15 is 0 Å². The molecule has 1 N–H and O–H groups in total. The third-order valence-corrected chi connectivity index (χ3v) is 6.03.